The lowest BCUT2D eigenvalue weighted by atomic mass is 9.99. The molecule has 1 saturated carbocycles. The van der Waals surface area contributed by atoms with Gasteiger partial charge in [-0.05, 0) is 31.1 Å². The molecule has 4 unspecified atom stereocenters. The fraction of sp³-hybridized carbons (Fsp3) is 1.00. The molecule has 1 aliphatic carbocycles. The summed E-state index contributed by atoms with van der Waals surface area (Å²) >= 11 is 0. The van der Waals surface area contributed by atoms with Crippen LogP contribution in [0.15, 0.2) is 0 Å². The van der Waals surface area contributed by atoms with E-state index in [0.29, 0.717) is 12.0 Å². The van der Waals surface area contributed by atoms with Gasteiger partial charge in [0.05, 0.1) is 0 Å². The van der Waals surface area contributed by atoms with Crippen molar-refractivity contribution in [2.24, 2.45) is 17.6 Å². The van der Waals surface area contributed by atoms with Crippen molar-refractivity contribution in [1.29, 1.82) is 0 Å². The zero-order valence-corrected chi connectivity index (χ0v) is 9.58. The third kappa shape index (κ3) is 1.96. The summed E-state index contributed by atoms with van der Waals surface area (Å²) in [6.07, 6.45) is 5.56. The van der Waals surface area contributed by atoms with E-state index in [1.165, 1.54) is 32.2 Å². The summed E-state index contributed by atoms with van der Waals surface area (Å²) in [6, 6.07) is 1.27. The molecule has 2 aliphatic rings. The average Bonchev–Trinajstić information content (AvgIpc) is 2.77. The first-order valence-corrected chi connectivity index (χ1v) is 6.20. The molecule has 2 N–H and O–H groups in total. The summed E-state index contributed by atoms with van der Waals surface area (Å²) in [5, 5.41) is 0. The van der Waals surface area contributed by atoms with Gasteiger partial charge in [-0.1, -0.05) is 20.3 Å². The van der Waals surface area contributed by atoms with Crippen LogP contribution in [0.25, 0.3) is 0 Å². The van der Waals surface area contributed by atoms with Gasteiger partial charge in [-0.3, -0.25) is 4.90 Å². The van der Waals surface area contributed by atoms with Crippen molar-refractivity contribution in [2.45, 2.75) is 51.6 Å². The highest BCUT2D eigenvalue weighted by Gasteiger charge is 2.38. The van der Waals surface area contributed by atoms with E-state index in [1.807, 2.05) is 0 Å². The van der Waals surface area contributed by atoms with Crippen LogP contribution < -0.4 is 5.73 Å². The summed E-state index contributed by atoms with van der Waals surface area (Å²) in [6.45, 7) is 6.98. The van der Waals surface area contributed by atoms with Gasteiger partial charge in [-0.15, -0.1) is 0 Å². The molecule has 2 rings (SSSR count). The second kappa shape index (κ2) is 4.19. The minimum Gasteiger partial charge on any atom is -0.326 e. The highest BCUT2D eigenvalue weighted by Crippen LogP contribution is 2.37. The molecule has 82 valence electrons. The first-order chi connectivity index (χ1) is 6.70. The number of fused-ring (bicyclic) bond motifs is 2. The van der Waals surface area contributed by atoms with Crippen molar-refractivity contribution < 1.29 is 0 Å². The smallest absolute Gasteiger partial charge is 0.0193 e. The van der Waals surface area contributed by atoms with Crippen LogP contribution in [-0.4, -0.2) is 30.1 Å². The summed E-state index contributed by atoms with van der Waals surface area (Å²) < 4.78 is 0. The molecule has 2 bridgehead atoms. The van der Waals surface area contributed by atoms with Crippen molar-refractivity contribution in [3.8, 4) is 0 Å². The highest BCUT2D eigenvalue weighted by molar-refractivity contribution is 4.93. The van der Waals surface area contributed by atoms with Gasteiger partial charge in [-0.25, -0.2) is 0 Å². The maximum Gasteiger partial charge on any atom is 0.0193 e. The Kier molecular flexibility index (Phi) is 3.13. The first kappa shape index (κ1) is 10.4. The summed E-state index contributed by atoms with van der Waals surface area (Å²) in [7, 11) is 0. The quantitative estimate of drug-likeness (QED) is 0.743. The van der Waals surface area contributed by atoms with E-state index in [1.54, 1.807) is 0 Å². The SMILES string of the molecule is CCC(C)C(N)CN1CC2CCC1C2. The molecule has 1 heterocycles. The molecule has 0 amide bonds. The molecule has 2 fully saturated rings. The Balaban J connectivity index is 1.80. The predicted molar refractivity (Wildman–Crippen MR) is 60.1 cm³/mol. The molecular weight excluding hydrogens is 172 g/mol. The average molecular weight is 196 g/mol. The third-order valence-electron chi connectivity index (χ3n) is 4.34. The molecule has 0 aromatic carbocycles. The number of rotatable bonds is 4. The lowest BCUT2D eigenvalue weighted by Crippen LogP contribution is -2.44. The maximum absolute atomic E-state index is 6.20. The van der Waals surface area contributed by atoms with Crippen LogP contribution >= 0.6 is 0 Å². The van der Waals surface area contributed by atoms with Crippen molar-refractivity contribution >= 4 is 0 Å². The van der Waals surface area contributed by atoms with Crippen LogP contribution in [0.2, 0.25) is 0 Å². The van der Waals surface area contributed by atoms with E-state index in [2.05, 4.69) is 18.7 Å². The molecule has 0 radical (unpaired) electrons. The zero-order valence-electron chi connectivity index (χ0n) is 9.58. The normalized spacial score (nSPS) is 36.2. The van der Waals surface area contributed by atoms with Gasteiger partial charge in [0, 0.05) is 25.2 Å². The molecule has 0 aromatic heterocycles. The Bertz CT molecular complexity index is 193. The Morgan fingerprint density at radius 2 is 2.21 bits per heavy atom. The number of hydrogen-bond acceptors (Lipinski definition) is 2. The van der Waals surface area contributed by atoms with E-state index in [-0.39, 0.29) is 0 Å². The minimum absolute atomic E-state index is 0.388. The monoisotopic (exact) mass is 196 g/mol. The fourth-order valence-corrected chi connectivity index (χ4v) is 3.00. The number of piperidine rings is 1. The van der Waals surface area contributed by atoms with Crippen LogP contribution in [-0.2, 0) is 0 Å². The predicted octanol–water partition coefficient (Wildman–Crippen LogP) is 1.84. The van der Waals surface area contributed by atoms with Gasteiger partial charge < -0.3 is 5.73 Å². The molecule has 1 saturated heterocycles. The lowest BCUT2D eigenvalue weighted by molar-refractivity contribution is 0.185. The molecule has 1 aliphatic heterocycles. The van der Waals surface area contributed by atoms with Gasteiger partial charge in [0.15, 0.2) is 0 Å². The molecular formula is C12H24N2. The van der Waals surface area contributed by atoms with E-state index < -0.39 is 0 Å². The Labute approximate surface area is 87.8 Å². The molecule has 0 spiro atoms. The van der Waals surface area contributed by atoms with Crippen molar-refractivity contribution in [1.82, 2.24) is 4.90 Å². The van der Waals surface area contributed by atoms with Gasteiger partial charge in [0.25, 0.3) is 0 Å². The topological polar surface area (TPSA) is 29.3 Å². The Hall–Kier alpha value is -0.0800. The summed E-state index contributed by atoms with van der Waals surface area (Å²) in [5.74, 6) is 1.68. The van der Waals surface area contributed by atoms with Crippen LogP contribution in [0.5, 0.6) is 0 Å². The van der Waals surface area contributed by atoms with Crippen LogP contribution in [0.3, 0.4) is 0 Å². The molecule has 0 aromatic rings. The minimum atomic E-state index is 0.388. The largest absolute Gasteiger partial charge is 0.326 e. The van der Waals surface area contributed by atoms with Crippen LogP contribution in [0, 0.1) is 11.8 Å². The van der Waals surface area contributed by atoms with E-state index >= 15 is 0 Å². The van der Waals surface area contributed by atoms with Crippen molar-refractivity contribution in [3.05, 3.63) is 0 Å². The van der Waals surface area contributed by atoms with E-state index in [9.17, 15) is 0 Å². The number of likely N-dealkylation sites (tertiary alicyclic amines) is 1. The van der Waals surface area contributed by atoms with Crippen LogP contribution in [0.1, 0.15) is 39.5 Å². The summed E-state index contributed by atoms with van der Waals surface area (Å²) in [4.78, 5) is 2.64. The number of hydrogen-bond donors (Lipinski definition) is 1. The first-order valence-electron chi connectivity index (χ1n) is 6.20. The second-order valence-corrected chi connectivity index (χ2v) is 5.34. The van der Waals surface area contributed by atoms with E-state index in [4.69, 9.17) is 5.73 Å². The number of nitrogens with zero attached hydrogens (tertiary/aromatic N) is 1. The Morgan fingerprint density at radius 3 is 2.71 bits per heavy atom. The molecule has 4 atom stereocenters. The molecule has 2 heteroatoms. The van der Waals surface area contributed by atoms with Crippen molar-refractivity contribution in [2.75, 3.05) is 13.1 Å². The third-order valence-corrected chi connectivity index (χ3v) is 4.34. The highest BCUT2D eigenvalue weighted by atomic mass is 15.2. The second-order valence-electron chi connectivity index (χ2n) is 5.34. The van der Waals surface area contributed by atoms with Gasteiger partial charge >= 0.3 is 0 Å². The molecule has 14 heavy (non-hydrogen) atoms. The summed E-state index contributed by atoms with van der Waals surface area (Å²) in [5.41, 5.74) is 6.20. The van der Waals surface area contributed by atoms with E-state index in [0.717, 1.165) is 18.5 Å². The zero-order chi connectivity index (χ0) is 10.1. The fourth-order valence-electron chi connectivity index (χ4n) is 3.00. The van der Waals surface area contributed by atoms with Crippen molar-refractivity contribution in [3.63, 3.8) is 0 Å². The van der Waals surface area contributed by atoms with Gasteiger partial charge in [0.2, 0.25) is 0 Å². The van der Waals surface area contributed by atoms with Gasteiger partial charge in [-0.2, -0.15) is 0 Å². The standard InChI is InChI=1S/C12H24N2/c1-3-9(2)12(13)8-14-7-10-4-5-11(14)6-10/h9-12H,3-8,13H2,1-2H3. The Morgan fingerprint density at radius 1 is 1.43 bits per heavy atom. The molecule has 2 nitrogen and oxygen atoms in total. The lowest BCUT2D eigenvalue weighted by Gasteiger charge is -2.31. The van der Waals surface area contributed by atoms with Gasteiger partial charge in [0.1, 0.15) is 0 Å². The van der Waals surface area contributed by atoms with Crippen LogP contribution in [0.4, 0.5) is 0 Å². The number of nitrogens with two attached hydrogens (primary N) is 1. The maximum atomic E-state index is 6.20.